The molecular weight excluding hydrogens is 341 g/mol. The third-order valence-corrected chi connectivity index (χ3v) is 4.68. The molecule has 0 aliphatic carbocycles. The highest BCUT2D eigenvalue weighted by Crippen LogP contribution is 2.24. The van der Waals surface area contributed by atoms with Crippen molar-refractivity contribution in [2.45, 2.75) is 0 Å². The predicted molar refractivity (Wildman–Crippen MR) is 91.2 cm³/mol. The van der Waals surface area contributed by atoms with Gasteiger partial charge in [-0.25, -0.2) is 4.39 Å². The zero-order valence-corrected chi connectivity index (χ0v) is 13.5. The molecule has 22 heavy (non-hydrogen) atoms. The van der Waals surface area contributed by atoms with E-state index in [1.165, 1.54) is 34.1 Å². The molecule has 0 aliphatic rings. The predicted octanol–water partition coefficient (Wildman–Crippen LogP) is 5.09. The molecule has 3 rings (SSSR count). The summed E-state index contributed by atoms with van der Waals surface area (Å²) in [4.78, 5) is 13.1. The molecule has 1 aromatic heterocycles. The van der Waals surface area contributed by atoms with Gasteiger partial charge in [-0.15, -0.1) is 11.3 Å². The quantitative estimate of drug-likeness (QED) is 0.601. The maximum Gasteiger partial charge on any atom is 0.258 e. The van der Waals surface area contributed by atoms with Gasteiger partial charge in [0.2, 0.25) is 0 Å². The lowest BCUT2D eigenvalue weighted by Crippen LogP contribution is -2.17. The number of halogens is 2. The summed E-state index contributed by atoms with van der Waals surface area (Å²) in [5, 5.41) is 0.592. The summed E-state index contributed by atoms with van der Waals surface area (Å²) >= 11 is 12.5. The van der Waals surface area contributed by atoms with Crippen molar-refractivity contribution in [2.24, 2.45) is 0 Å². The van der Waals surface area contributed by atoms with Gasteiger partial charge in [0.15, 0.2) is 3.95 Å². The van der Waals surface area contributed by atoms with Crippen LogP contribution in [0.4, 0.5) is 4.39 Å². The minimum Gasteiger partial charge on any atom is -0.269 e. The normalized spacial score (nSPS) is 10.6. The molecule has 0 radical (unpaired) electrons. The van der Waals surface area contributed by atoms with E-state index in [0.29, 0.717) is 19.5 Å². The summed E-state index contributed by atoms with van der Waals surface area (Å²) in [5.74, 6) is -0.318. The average molecular weight is 350 g/mol. The molecule has 0 N–H and O–H groups in total. The molecule has 6 heteroatoms. The van der Waals surface area contributed by atoms with Crippen molar-refractivity contribution in [1.82, 2.24) is 4.57 Å². The van der Waals surface area contributed by atoms with Crippen LogP contribution in [-0.2, 0) is 0 Å². The van der Waals surface area contributed by atoms with Crippen molar-refractivity contribution in [1.29, 1.82) is 0 Å². The SMILES string of the molecule is O=c1cc(-c2ccc(F)cc2)sc(=S)n1-c1ccc(Cl)cc1. The minimum atomic E-state index is -0.318. The minimum absolute atomic E-state index is 0.231. The Morgan fingerprint density at radius 2 is 1.68 bits per heavy atom. The van der Waals surface area contributed by atoms with Gasteiger partial charge in [0.05, 0.1) is 5.69 Å². The van der Waals surface area contributed by atoms with Crippen molar-refractivity contribution < 1.29 is 4.39 Å². The number of benzene rings is 2. The van der Waals surface area contributed by atoms with Crippen LogP contribution in [0.15, 0.2) is 59.4 Å². The average Bonchev–Trinajstić information content (AvgIpc) is 2.49. The number of hydrogen-bond acceptors (Lipinski definition) is 3. The van der Waals surface area contributed by atoms with Gasteiger partial charge in [-0.2, -0.15) is 0 Å². The topological polar surface area (TPSA) is 22.0 Å². The van der Waals surface area contributed by atoms with Gasteiger partial charge in [0, 0.05) is 16.0 Å². The highest BCUT2D eigenvalue weighted by molar-refractivity contribution is 7.73. The van der Waals surface area contributed by atoms with Crippen molar-refractivity contribution in [2.75, 3.05) is 0 Å². The molecule has 0 spiro atoms. The first kappa shape index (κ1) is 15.1. The Bertz CT molecular complexity index is 899. The van der Waals surface area contributed by atoms with Gasteiger partial charge in [-0.1, -0.05) is 23.7 Å². The van der Waals surface area contributed by atoms with Gasteiger partial charge in [-0.05, 0) is 54.2 Å². The van der Waals surface area contributed by atoms with Crippen molar-refractivity contribution in [3.8, 4) is 16.1 Å². The van der Waals surface area contributed by atoms with E-state index in [2.05, 4.69) is 0 Å². The van der Waals surface area contributed by atoms with E-state index >= 15 is 0 Å². The molecule has 1 heterocycles. The lowest BCUT2D eigenvalue weighted by Gasteiger charge is -2.07. The van der Waals surface area contributed by atoms with Gasteiger partial charge >= 0.3 is 0 Å². The van der Waals surface area contributed by atoms with Gasteiger partial charge < -0.3 is 0 Å². The zero-order valence-electron chi connectivity index (χ0n) is 11.1. The fourth-order valence-electron chi connectivity index (χ4n) is 2.02. The molecule has 0 fully saturated rings. The second-order valence-corrected chi connectivity index (χ2v) is 6.65. The molecule has 0 saturated carbocycles. The highest BCUT2D eigenvalue weighted by atomic mass is 35.5. The third-order valence-electron chi connectivity index (χ3n) is 3.07. The standard InChI is InChI=1S/C16H9ClFNOS2/c17-11-3-7-13(8-4-11)19-15(20)9-14(22-16(19)21)10-1-5-12(18)6-2-10/h1-9H. The Morgan fingerprint density at radius 3 is 2.27 bits per heavy atom. The molecule has 0 aliphatic heterocycles. The second kappa shape index (κ2) is 6.12. The van der Waals surface area contributed by atoms with Crippen LogP contribution in [0.5, 0.6) is 0 Å². The van der Waals surface area contributed by atoms with E-state index < -0.39 is 0 Å². The molecule has 0 amide bonds. The molecule has 2 aromatic carbocycles. The number of aromatic nitrogens is 1. The number of nitrogens with zero attached hydrogens (tertiary/aromatic N) is 1. The summed E-state index contributed by atoms with van der Waals surface area (Å²) in [6.07, 6.45) is 0. The lowest BCUT2D eigenvalue weighted by molar-refractivity contribution is 0.628. The molecule has 0 unspecified atom stereocenters. The van der Waals surface area contributed by atoms with E-state index in [-0.39, 0.29) is 11.4 Å². The van der Waals surface area contributed by atoms with E-state index in [9.17, 15) is 9.18 Å². The maximum atomic E-state index is 13.0. The zero-order chi connectivity index (χ0) is 15.7. The molecule has 0 saturated heterocycles. The molecule has 110 valence electrons. The first-order valence-corrected chi connectivity index (χ1v) is 7.94. The van der Waals surface area contributed by atoms with Crippen LogP contribution >= 0.6 is 35.2 Å². The van der Waals surface area contributed by atoms with Crippen LogP contribution in [0.2, 0.25) is 5.02 Å². The molecule has 3 aromatic rings. The Morgan fingerprint density at radius 1 is 1.05 bits per heavy atom. The van der Waals surface area contributed by atoms with Crippen molar-refractivity contribution >= 4 is 35.2 Å². The summed E-state index contributed by atoms with van der Waals surface area (Å²) in [6.45, 7) is 0. The Hall–Kier alpha value is -1.82. The Labute approximate surface area is 140 Å². The Kier molecular flexibility index (Phi) is 4.20. The molecule has 0 atom stereocenters. The monoisotopic (exact) mass is 349 g/mol. The van der Waals surface area contributed by atoms with E-state index in [1.54, 1.807) is 36.4 Å². The number of hydrogen-bond donors (Lipinski definition) is 0. The first-order chi connectivity index (χ1) is 10.5. The lowest BCUT2D eigenvalue weighted by atomic mass is 10.2. The van der Waals surface area contributed by atoms with Crippen molar-refractivity contribution in [3.05, 3.63) is 79.7 Å². The largest absolute Gasteiger partial charge is 0.269 e. The van der Waals surface area contributed by atoms with Crippen LogP contribution in [-0.4, -0.2) is 4.57 Å². The highest BCUT2D eigenvalue weighted by Gasteiger charge is 2.07. The van der Waals surface area contributed by atoms with Gasteiger partial charge in [0.1, 0.15) is 5.82 Å². The summed E-state index contributed by atoms with van der Waals surface area (Å²) in [5.41, 5.74) is 1.20. The third kappa shape index (κ3) is 3.02. The molecule has 2 nitrogen and oxygen atoms in total. The fourth-order valence-corrected chi connectivity index (χ4v) is 3.49. The Balaban J connectivity index is 2.13. The van der Waals surface area contributed by atoms with Crippen LogP contribution in [0.3, 0.4) is 0 Å². The van der Waals surface area contributed by atoms with E-state index in [4.69, 9.17) is 23.8 Å². The smallest absolute Gasteiger partial charge is 0.258 e. The summed E-state index contributed by atoms with van der Waals surface area (Å²) < 4.78 is 14.9. The summed E-state index contributed by atoms with van der Waals surface area (Å²) in [6, 6.07) is 14.4. The first-order valence-electron chi connectivity index (χ1n) is 6.34. The van der Waals surface area contributed by atoms with Crippen LogP contribution in [0, 0.1) is 9.77 Å². The van der Waals surface area contributed by atoms with E-state index in [1.807, 2.05) is 0 Å². The van der Waals surface area contributed by atoms with Crippen LogP contribution in [0.1, 0.15) is 0 Å². The van der Waals surface area contributed by atoms with Crippen LogP contribution in [0.25, 0.3) is 16.1 Å². The molecule has 0 bridgehead atoms. The van der Waals surface area contributed by atoms with Gasteiger partial charge in [0.25, 0.3) is 5.56 Å². The second-order valence-electron chi connectivity index (χ2n) is 4.53. The summed E-state index contributed by atoms with van der Waals surface area (Å²) in [7, 11) is 0. The van der Waals surface area contributed by atoms with Gasteiger partial charge in [-0.3, -0.25) is 9.36 Å². The fraction of sp³-hybridized carbons (Fsp3) is 0. The molecular formula is C16H9ClFNOS2. The maximum absolute atomic E-state index is 13.0. The number of rotatable bonds is 2. The van der Waals surface area contributed by atoms with E-state index in [0.717, 1.165) is 5.56 Å². The van der Waals surface area contributed by atoms with Crippen molar-refractivity contribution in [3.63, 3.8) is 0 Å². The van der Waals surface area contributed by atoms with Crippen LogP contribution < -0.4 is 5.56 Å².